The smallest absolute Gasteiger partial charge is 0.276 e. The van der Waals surface area contributed by atoms with Crippen LogP contribution in [0.25, 0.3) is 11.8 Å². The van der Waals surface area contributed by atoms with Crippen LogP contribution in [0.1, 0.15) is 6.92 Å². The standard InChI is InChI=1S/C15H12N4O/c1-10-7-8-13-12(9-17-10)14(20)19(15(16)18-13)11-5-3-2-4-6-11/h2-8H,1H3,(H2,16,18). The summed E-state index contributed by atoms with van der Waals surface area (Å²) in [6, 6.07) is 9.14. The number of nitrogen functional groups attached to an aromatic ring is 1. The highest BCUT2D eigenvalue weighted by Crippen LogP contribution is 2.05. The lowest BCUT2D eigenvalue weighted by Crippen LogP contribution is -2.48. The van der Waals surface area contributed by atoms with Crippen LogP contribution in [0.5, 0.6) is 0 Å². The van der Waals surface area contributed by atoms with Crippen molar-refractivity contribution in [3.8, 4) is 5.69 Å². The van der Waals surface area contributed by atoms with E-state index in [2.05, 4.69) is 15.8 Å². The van der Waals surface area contributed by atoms with Crippen LogP contribution >= 0.6 is 0 Å². The molecular weight excluding hydrogens is 252 g/mol. The maximum Gasteiger partial charge on any atom is 0.276 e. The number of aromatic nitrogens is 2. The second-order valence-corrected chi connectivity index (χ2v) is 4.40. The first-order valence-electron chi connectivity index (χ1n) is 6.13. The van der Waals surface area contributed by atoms with Crippen LogP contribution in [-0.4, -0.2) is 15.4 Å². The number of benzene rings is 1. The number of allylic oxidation sites excluding steroid dienone is 2. The molecule has 0 saturated heterocycles. The fourth-order valence-electron chi connectivity index (χ4n) is 1.99. The molecule has 0 unspecified atom stereocenters. The summed E-state index contributed by atoms with van der Waals surface area (Å²) in [6.45, 7) is 1.83. The van der Waals surface area contributed by atoms with Crippen molar-refractivity contribution in [3.63, 3.8) is 0 Å². The van der Waals surface area contributed by atoms with E-state index in [1.54, 1.807) is 24.3 Å². The minimum absolute atomic E-state index is 0.144. The minimum atomic E-state index is -0.276. The van der Waals surface area contributed by atoms with Gasteiger partial charge >= 0.3 is 0 Å². The van der Waals surface area contributed by atoms with Gasteiger partial charge in [0.1, 0.15) is 5.22 Å². The van der Waals surface area contributed by atoms with E-state index in [1.165, 1.54) is 4.57 Å². The summed E-state index contributed by atoms with van der Waals surface area (Å²) in [6.07, 6.45) is 3.50. The molecule has 1 aliphatic rings. The lowest BCUT2D eigenvalue weighted by molar-refractivity contribution is 0.926. The molecule has 3 rings (SSSR count). The van der Waals surface area contributed by atoms with E-state index in [4.69, 9.17) is 5.73 Å². The zero-order chi connectivity index (χ0) is 14.1. The number of para-hydroxylation sites is 1. The van der Waals surface area contributed by atoms with Gasteiger partial charge in [0.25, 0.3) is 5.56 Å². The molecule has 0 aliphatic carbocycles. The van der Waals surface area contributed by atoms with Gasteiger partial charge in [-0.3, -0.25) is 4.79 Å². The second-order valence-electron chi connectivity index (χ2n) is 4.40. The van der Waals surface area contributed by atoms with Crippen LogP contribution in [0.2, 0.25) is 0 Å². The first-order valence-corrected chi connectivity index (χ1v) is 6.13. The summed E-state index contributed by atoms with van der Waals surface area (Å²) in [7, 11) is 0. The van der Waals surface area contributed by atoms with Crippen molar-refractivity contribution < 1.29 is 0 Å². The Bertz CT molecular complexity index is 917. The van der Waals surface area contributed by atoms with E-state index in [-0.39, 0.29) is 11.5 Å². The summed E-state index contributed by atoms with van der Waals surface area (Å²) in [4.78, 5) is 20.9. The van der Waals surface area contributed by atoms with E-state index in [9.17, 15) is 4.79 Å². The first-order chi connectivity index (χ1) is 9.66. The van der Waals surface area contributed by atoms with Gasteiger partial charge in [0, 0.05) is 11.6 Å². The highest BCUT2D eigenvalue weighted by molar-refractivity contribution is 5.58. The molecule has 0 spiro atoms. The summed E-state index contributed by atoms with van der Waals surface area (Å²) >= 11 is 0. The van der Waals surface area contributed by atoms with Gasteiger partial charge in [-0.25, -0.2) is 14.5 Å². The van der Waals surface area contributed by atoms with Gasteiger partial charge in [0.15, 0.2) is 0 Å². The number of hydrogen-bond donors (Lipinski definition) is 1. The maximum absolute atomic E-state index is 12.6. The van der Waals surface area contributed by atoms with Crippen molar-refractivity contribution >= 4 is 17.9 Å². The molecule has 2 N–H and O–H groups in total. The maximum atomic E-state index is 12.6. The number of nitrogens with zero attached hydrogens (tertiary/aromatic N) is 3. The Kier molecular flexibility index (Phi) is 2.82. The molecule has 0 fully saturated rings. The van der Waals surface area contributed by atoms with Gasteiger partial charge < -0.3 is 5.73 Å². The van der Waals surface area contributed by atoms with Crippen molar-refractivity contribution in [1.29, 1.82) is 0 Å². The Morgan fingerprint density at radius 1 is 1.20 bits per heavy atom. The monoisotopic (exact) mass is 264 g/mol. The summed E-state index contributed by atoms with van der Waals surface area (Å²) in [5.41, 5.74) is 7.06. The summed E-state index contributed by atoms with van der Waals surface area (Å²) < 4.78 is 1.36. The van der Waals surface area contributed by atoms with Gasteiger partial charge in [0.05, 0.1) is 11.0 Å². The SMILES string of the molecule is CC1=CC=c2nc(N)n(-c3ccccc3)c(=O)c2=C=N1. The van der Waals surface area contributed by atoms with Gasteiger partial charge in [0.2, 0.25) is 5.95 Å². The van der Waals surface area contributed by atoms with Crippen molar-refractivity contribution in [2.45, 2.75) is 6.92 Å². The average molecular weight is 264 g/mol. The Morgan fingerprint density at radius 3 is 2.70 bits per heavy atom. The number of anilines is 1. The van der Waals surface area contributed by atoms with Crippen LogP contribution < -0.4 is 21.9 Å². The first kappa shape index (κ1) is 12.1. The van der Waals surface area contributed by atoms with Crippen LogP contribution in [0.3, 0.4) is 0 Å². The molecule has 98 valence electrons. The Labute approximate surface area is 114 Å². The van der Waals surface area contributed by atoms with E-state index >= 15 is 0 Å². The van der Waals surface area contributed by atoms with Crippen LogP contribution in [-0.2, 0) is 0 Å². The third-order valence-electron chi connectivity index (χ3n) is 2.98. The highest BCUT2D eigenvalue weighted by atomic mass is 16.1. The zero-order valence-corrected chi connectivity index (χ0v) is 10.9. The number of rotatable bonds is 1. The summed E-state index contributed by atoms with van der Waals surface area (Å²) in [5.74, 6) is 2.90. The normalized spacial score (nSPS) is 12.8. The molecule has 0 bridgehead atoms. The van der Waals surface area contributed by atoms with E-state index in [1.807, 2.05) is 25.1 Å². The molecule has 0 atom stereocenters. The zero-order valence-electron chi connectivity index (χ0n) is 10.9. The highest BCUT2D eigenvalue weighted by Gasteiger charge is 2.08. The summed E-state index contributed by atoms with van der Waals surface area (Å²) in [5, 5.41) is 0.802. The van der Waals surface area contributed by atoms with E-state index in [0.29, 0.717) is 16.3 Å². The number of fused-ring (bicyclic) bond motifs is 1. The van der Waals surface area contributed by atoms with Crippen LogP contribution in [0.4, 0.5) is 5.95 Å². The predicted molar refractivity (Wildman–Crippen MR) is 78.3 cm³/mol. The molecule has 20 heavy (non-hydrogen) atoms. The van der Waals surface area contributed by atoms with Crippen molar-refractivity contribution in [2.24, 2.45) is 4.99 Å². The molecule has 2 aromatic rings. The van der Waals surface area contributed by atoms with Gasteiger partial charge in [-0.05, 0) is 31.2 Å². The van der Waals surface area contributed by atoms with Gasteiger partial charge in [-0.1, -0.05) is 18.2 Å². The molecule has 5 heteroatoms. The Morgan fingerprint density at radius 2 is 1.95 bits per heavy atom. The third-order valence-corrected chi connectivity index (χ3v) is 2.98. The van der Waals surface area contributed by atoms with Crippen LogP contribution in [0, 0.1) is 0 Å². The van der Waals surface area contributed by atoms with Crippen molar-refractivity contribution in [1.82, 2.24) is 9.55 Å². The average Bonchev–Trinajstić information content (AvgIpc) is 2.63. The number of nitrogens with two attached hydrogens (primary N) is 1. The molecule has 0 amide bonds. The topological polar surface area (TPSA) is 73.3 Å². The number of hydrogen-bond acceptors (Lipinski definition) is 4. The lowest BCUT2D eigenvalue weighted by atomic mass is 10.3. The third kappa shape index (κ3) is 1.96. The Hall–Kier alpha value is -2.91. The molecule has 5 nitrogen and oxygen atoms in total. The molecule has 2 heterocycles. The molecule has 0 saturated carbocycles. The van der Waals surface area contributed by atoms with Crippen molar-refractivity contribution in [3.05, 3.63) is 63.0 Å². The van der Waals surface area contributed by atoms with E-state index in [0.717, 1.165) is 5.70 Å². The number of aliphatic imine (C=N–C) groups is 1. The largest absolute Gasteiger partial charge is 0.369 e. The van der Waals surface area contributed by atoms with Crippen molar-refractivity contribution in [2.75, 3.05) is 5.73 Å². The quantitative estimate of drug-likeness (QED) is 0.778. The molecular formula is C15H12N4O. The van der Waals surface area contributed by atoms with Gasteiger partial charge in [-0.15, -0.1) is 0 Å². The van der Waals surface area contributed by atoms with E-state index < -0.39 is 0 Å². The fraction of sp³-hybridized carbons (Fsp3) is 0.0667. The fourth-order valence-corrected chi connectivity index (χ4v) is 1.99. The molecule has 1 aromatic heterocycles. The minimum Gasteiger partial charge on any atom is -0.369 e. The molecule has 1 aromatic carbocycles. The molecule has 1 aliphatic heterocycles. The van der Waals surface area contributed by atoms with Crippen LogP contribution in [0.15, 0.2) is 51.9 Å². The molecule has 0 radical (unpaired) electrons. The second kappa shape index (κ2) is 4.64. The lowest BCUT2D eigenvalue weighted by Gasteiger charge is -2.07. The Balaban J connectivity index is 2.45. The predicted octanol–water partition coefficient (Wildman–Crippen LogP) is -0.146. The van der Waals surface area contributed by atoms with Gasteiger partial charge in [-0.2, -0.15) is 0 Å².